The van der Waals surface area contributed by atoms with E-state index in [9.17, 15) is 0 Å². The monoisotopic (exact) mass is 398 g/mol. The van der Waals surface area contributed by atoms with E-state index in [0.29, 0.717) is 33.9 Å². The number of hydrogen-bond acceptors (Lipinski definition) is 6. The molecule has 0 saturated heterocycles. The van der Waals surface area contributed by atoms with Gasteiger partial charge in [0.2, 0.25) is 0 Å². The molecule has 0 saturated carbocycles. The summed E-state index contributed by atoms with van der Waals surface area (Å²) in [5.41, 5.74) is 1.63. The van der Waals surface area contributed by atoms with Crippen molar-refractivity contribution in [2.75, 3.05) is 31.4 Å². The molecule has 0 aliphatic carbocycles. The van der Waals surface area contributed by atoms with Gasteiger partial charge in [-0.15, -0.1) is 0 Å². The molecule has 6 nitrogen and oxygen atoms in total. The van der Waals surface area contributed by atoms with E-state index in [4.69, 9.17) is 21.1 Å². The quantitative estimate of drug-likeness (QED) is 0.531. The smallest absolute Gasteiger partial charge is 0.163 e. The van der Waals surface area contributed by atoms with Gasteiger partial charge in [0.05, 0.1) is 24.9 Å². The third-order valence-corrected chi connectivity index (χ3v) is 4.35. The third kappa shape index (κ3) is 4.64. The number of hydrogen-bond donors (Lipinski definition) is 2. The molecule has 0 unspecified atom stereocenters. The van der Waals surface area contributed by atoms with E-state index in [-0.39, 0.29) is 0 Å². The van der Waals surface area contributed by atoms with E-state index in [1.54, 1.807) is 26.4 Å². The van der Waals surface area contributed by atoms with Gasteiger partial charge < -0.3 is 20.1 Å². The Morgan fingerprint density at radius 2 is 1.64 bits per heavy atom. The maximum absolute atomic E-state index is 6.20. The molecule has 0 aliphatic heterocycles. The Labute approximate surface area is 169 Å². The second-order valence-electron chi connectivity index (χ2n) is 6.07. The highest BCUT2D eigenvalue weighted by Crippen LogP contribution is 2.37. The molecule has 0 fully saturated rings. The molecule has 1 aromatic heterocycles. The molecule has 0 atom stereocenters. The topological polar surface area (TPSA) is 68.3 Å². The lowest BCUT2D eigenvalue weighted by Crippen LogP contribution is -2.06. The second-order valence-corrected chi connectivity index (χ2v) is 6.47. The number of benzene rings is 2. The van der Waals surface area contributed by atoms with Crippen LogP contribution >= 0.6 is 11.6 Å². The zero-order valence-electron chi connectivity index (χ0n) is 16.1. The summed E-state index contributed by atoms with van der Waals surface area (Å²) in [6, 6.07) is 15.2. The SMILES string of the molecule is CCCNc1cc(Nc2cc(OC)c(Cl)cc2OC)nc(-c2ccccc2)n1. The molecule has 2 N–H and O–H groups in total. The Morgan fingerprint density at radius 1 is 0.929 bits per heavy atom. The van der Waals surface area contributed by atoms with Crippen molar-refractivity contribution in [2.45, 2.75) is 13.3 Å². The third-order valence-electron chi connectivity index (χ3n) is 4.05. The largest absolute Gasteiger partial charge is 0.495 e. The molecule has 0 spiro atoms. The van der Waals surface area contributed by atoms with Gasteiger partial charge in [-0.05, 0) is 6.42 Å². The minimum Gasteiger partial charge on any atom is -0.495 e. The van der Waals surface area contributed by atoms with Crippen molar-refractivity contribution < 1.29 is 9.47 Å². The van der Waals surface area contributed by atoms with Crippen molar-refractivity contribution in [2.24, 2.45) is 0 Å². The number of rotatable bonds is 8. The van der Waals surface area contributed by atoms with Gasteiger partial charge >= 0.3 is 0 Å². The van der Waals surface area contributed by atoms with Gasteiger partial charge in [-0.3, -0.25) is 0 Å². The average Bonchev–Trinajstić information content (AvgIpc) is 2.73. The van der Waals surface area contributed by atoms with Gasteiger partial charge in [0, 0.05) is 30.3 Å². The highest BCUT2D eigenvalue weighted by molar-refractivity contribution is 6.32. The second kappa shape index (κ2) is 9.28. The summed E-state index contributed by atoms with van der Waals surface area (Å²) in [7, 11) is 3.16. The Hall–Kier alpha value is -2.99. The predicted octanol–water partition coefficient (Wildman–Crippen LogP) is 5.38. The van der Waals surface area contributed by atoms with Crippen LogP contribution in [0.1, 0.15) is 13.3 Å². The number of methoxy groups -OCH3 is 2. The van der Waals surface area contributed by atoms with E-state index in [1.807, 2.05) is 36.4 Å². The van der Waals surface area contributed by atoms with Gasteiger partial charge in [-0.1, -0.05) is 48.9 Å². The molecule has 28 heavy (non-hydrogen) atoms. The Balaban J connectivity index is 2.01. The Kier molecular flexibility index (Phi) is 6.55. The van der Waals surface area contributed by atoms with Crippen molar-refractivity contribution in [1.29, 1.82) is 0 Å². The van der Waals surface area contributed by atoms with Crippen LogP contribution in [0.5, 0.6) is 11.5 Å². The van der Waals surface area contributed by atoms with Crippen molar-refractivity contribution in [3.05, 3.63) is 53.6 Å². The van der Waals surface area contributed by atoms with E-state index in [0.717, 1.165) is 24.3 Å². The first-order valence-corrected chi connectivity index (χ1v) is 9.39. The molecule has 1 heterocycles. The fourth-order valence-electron chi connectivity index (χ4n) is 2.67. The molecule has 146 valence electrons. The van der Waals surface area contributed by atoms with E-state index in [2.05, 4.69) is 27.5 Å². The van der Waals surface area contributed by atoms with Crippen LogP contribution in [0.3, 0.4) is 0 Å². The summed E-state index contributed by atoms with van der Waals surface area (Å²) >= 11 is 6.20. The lowest BCUT2D eigenvalue weighted by molar-refractivity contribution is 0.405. The molecular weight excluding hydrogens is 376 g/mol. The van der Waals surface area contributed by atoms with Crippen molar-refractivity contribution in [3.8, 4) is 22.9 Å². The lowest BCUT2D eigenvalue weighted by Gasteiger charge is -2.15. The molecule has 2 aromatic carbocycles. The van der Waals surface area contributed by atoms with Gasteiger partial charge in [-0.25, -0.2) is 9.97 Å². The van der Waals surface area contributed by atoms with E-state index in [1.165, 1.54) is 0 Å². The van der Waals surface area contributed by atoms with E-state index >= 15 is 0 Å². The maximum Gasteiger partial charge on any atom is 0.163 e. The molecule has 3 rings (SSSR count). The molecule has 0 radical (unpaired) electrons. The minimum atomic E-state index is 0.475. The van der Waals surface area contributed by atoms with Crippen LogP contribution in [-0.2, 0) is 0 Å². The minimum absolute atomic E-state index is 0.475. The number of nitrogens with zero attached hydrogens (tertiary/aromatic N) is 2. The summed E-state index contributed by atoms with van der Waals surface area (Å²) in [5, 5.41) is 7.10. The molecule has 0 amide bonds. The zero-order valence-corrected chi connectivity index (χ0v) is 16.9. The predicted molar refractivity (Wildman–Crippen MR) is 114 cm³/mol. The molecular formula is C21H23ClN4O2. The van der Waals surface area contributed by atoms with Gasteiger partial charge in [0.15, 0.2) is 5.82 Å². The maximum atomic E-state index is 6.20. The van der Waals surface area contributed by atoms with Crippen molar-refractivity contribution in [3.63, 3.8) is 0 Å². The van der Waals surface area contributed by atoms with Crippen molar-refractivity contribution in [1.82, 2.24) is 9.97 Å². The van der Waals surface area contributed by atoms with Crippen LogP contribution < -0.4 is 20.1 Å². The van der Waals surface area contributed by atoms with Gasteiger partial charge in [-0.2, -0.15) is 0 Å². The van der Waals surface area contributed by atoms with Gasteiger partial charge in [0.25, 0.3) is 0 Å². The standard InChI is InChI=1S/C21H23ClN4O2/c1-4-10-23-19-13-20(26-21(25-19)14-8-6-5-7-9-14)24-16-12-17(27-2)15(22)11-18(16)28-3/h5-9,11-13H,4,10H2,1-3H3,(H2,23,24,25,26). The van der Waals surface area contributed by atoms with E-state index < -0.39 is 0 Å². The summed E-state index contributed by atoms with van der Waals surface area (Å²) in [5.74, 6) is 3.15. The summed E-state index contributed by atoms with van der Waals surface area (Å²) < 4.78 is 10.8. The number of anilines is 3. The summed E-state index contributed by atoms with van der Waals surface area (Å²) in [4.78, 5) is 9.30. The fourth-order valence-corrected chi connectivity index (χ4v) is 2.90. The fraction of sp³-hybridized carbons (Fsp3) is 0.238. The number of ether oxygens (including phenoxy) is 2. The lowest BCUT2D eigenvalue weighted by atomic mass is 10.2. The van der Waals surface area contributed by atoms with Crippen LogP contribution in [0.25, 0.3) is 11.4 Å². The molecule has 7 heteroatoms. The summed E-state index contributed by atoms with van der Waals surface area (Å²) in [6.07, 6.45) is 0.996. The van der Waals surface area contributed by atoms with Crippen LogP contribution in [0.4, 0.5) is 17.3 Å². The number of halogens is 1. The zero-order chi connectivity index (χ0) is 19.9. The van der Waals surface area contributed by atoms with Gasteiger partial charge in [0.1, 0.15) is 23.1 Å². The first kappa shape index (κ1) is 19.8. The number of nitrogens with one attached hydrogen (secondary N) is 2. The average molecular weight is 399 g/mol. The van der Waals surface area contributed by atoms with Crippen LogP contribution in [0, 0.1) is 0 Å². The number of aromatic nitrogens is 2. The molecule has 0 bridgehead atoms. The van der Waals surface area contributed by atoms with Crippen LogP contribution in [0.2, 0.25) is 5.02 Å². The Morgan fingerprint density at radius 3 is 2.32 bits per heavy atom. The first-order valence-electron chi connectivity index (χ1n) is 9.01. The molecule has 3 aromatic rings. The highest BCUT2D eigenvalue weighted by Gasteiger charge is 2.13. The highest BCUT2D eigenvalue weighted by atomic mass is 35.5. The first-order chi connectivity index (χ1) is 13.6. The van der Waals surface area contributed by atoms with Crippen LogP contribution in [0.15, 0.2) is 48.5 Å². The normalized spacial score (nSPS) is 10.4. The van der Waals surface area contributed by atoms with Crippen molar-refractivity contribution >= 4 is 28.9 Å². The van der Waals surface area contributed by atoms with Crippen LogP contribution in [-0.4, -0.2) is 30.7 Å². The molecule has 0 aliphatic rings. The Bertz CT molecular complexity index is 935. The summed E-state index contributed by atoms with van der Waals surface area (Å²) in [6.45, 7) is 2.93.